The van der Waals surface area contributed by atoms with Crippen LogP contribution in [-0.4, -0.2) is 46.4 Å². The van der Waals surface area contributed by atoms with Gasteiger partial charge in [-0.25, -0.2) is 4.98 Å². The van der Waals surface area contributed by atoms with E-state index in [0.29, 0.717) is 18.0 Å². The van der Waals surface area contributed by atoms with Gasteiger partial charge in [-0.1, -0.05) is 6.07 Å². The maximum Gasteiger partial charge on any atom is 0.433 e. The Morgan fingerprint density at radius 2 is 2.00 bits per heavy atom. The topological polar surface area (TPSA) is 81.5 Å². The molecule has 1 aliphatic rings. The third-order valence-corrected chi connectivity index (χ3v) is 5.48. The maximum atomic E-state index is 12.7. The standard InChI is InChI=1S/C24H26F3N5O3/c1-16(2)32-14-21(12-29-32)34-15-23(33)30-17-8-9-31(13-17)18-4-3-5-19(10-18)35-20-6-7-22(28-11-20)24(25,26)27/h3-7,10-12,14,16-17H,8-9,13,15H2,1-2H3,(H,30,33). The van der Waals surface area contributed by atoms with E-state index in [1.54, 1.807) is 35.3 Å². The number of nitrogens with one attached hydrogen (secondary N) is 1. The first kappa shape index (κ1) is 24.4. The Morgan fingerprint density at radius 3 is 2.69 bits per heavy atom. The first-order valence-electron chi connectivity index (χ1n) is 11.2. The molecule has 0 spiro atoms. The first-order valence-corrected chi connectivity index (χ1v) is 11.2. The monoisotopic (exact) mass is 489 g/mol. The summed E-state index contributed by atoms with van der Waals surface area (Å²) in [5, 5.41) is 7.17. The fourth-order valence-corrected chi connectivity index (χ4v) is 3.70. The molecule has 0 radical (unpaired) electrons. The third-order valence-electron chi connectivity index (χ3n) is 5.48. The van der Waals surface area contributed by atoms with E-state index < -0.39 is 11.9 Å². The van der Waals surface area contributed by atoms with Gasteiger partial charge in [0.25, 0.3) is 5.91 Å². The summed E-state index contributed by atoms with van der Waals surface area (Å²) in [6, 6.07) is 9.53. The van der Waals surface area contributed by atoms with E-state index in [4.69, 9.17) is 9.47 Å². The molecule has 1 amide bonds. The Kier molecular flexibility index (Phi) is 7.13. The lowest BCUT2D eigenvalue weighted by Gasteiger charge is -2.20. The molecule has 0 saturated carbocycles. The molecule has 1 aliphatic heterocycles. The number of hydrogen-bond acceptors (Lipinski definition) is 6. The van der Waals surface area contributed by atoms with Gasteiger partial charge in [0.2, 0.25) is 0 Å². The van der Waals surface area contributed by atoms with Crippen molar-refractivity contribution in [2.45, 2.75) is 38.5 Å². The highest BCUT2D eigenvalue weighted by atomic mass is 19.4. The number of aromatic nitrogens is 3. The van der Waals surface area contributed by atoms with Gasteiger partial charge in [0, 0.05) is 36.9 Å². The number of nitrogens with zero attached hydrogens (tertiary/aromatic N) is 4. The van der Waals surface area contributed by atoms with Crippen LogP contribution < -0.4 is 19.7 Å². The predicted octanol–water partition coefficient (Wildman–Crippen LogP) is 4.44. The normalized spacial score (nSPS) is 15.9. The molecule has 11 heteroatoms. The van der Waals surface area contributed by atoms with Crippen molar-refractivity contribution in [3.63, 3.8) is 0 Å². The quantitative estimate of drug-likeness (QED) is 0.504. The first-order chi connectivity index (χ1) is 16.7. The molecule has 1 aromatic carbocycles. The summed E-state index contributed by atoms with van der Waals surface area (Å²) in [5.74, 6) is 1.02. The van der Waals surface area contributed by atoms with Crippen LogP contribution in [0.2, 0.25) is 0 Å². The fourth-order valence-electron chi connectivity index (χ4n) is 3.70. The molecule has 1 atom stereocenters. The molecular formula is C24H26F3N5O3. The van der Waals surface area contributed by atoms with Gasteiger partial charge >= 0.3 is 6.18 Å². The van der Waals surface area contributed by atoms with Crippen LogP contribution in [0.4, 0.5) is 18.9 Å². The number of pyridine rings is 1. The molecule has 1 unspecified atom stereocenters. The average Bonchev–Trinajstić information content (AvgIpc) is 3.48. The fraction of sp³-hybridized carbons (Fsp3) is 0.375. The van der Waals surface area contributed by atoms with E-state index in [0.717, 1.165) is 30.9 Å². The number of alkyl halides is 3. The van der Waals surface area contributed by atoms with Crippen LogP contribution in [0.5, 0.6) is 17.2 Å². The number of hydrogen-bond donors (Lipinski definition) is 1. The number of carbonyl (C=O) groups excluding carboxylic acids is 1. The number of anilines is 1. The van der Waals surface area contributed by atoms with Crippen LogP contribution in [0.25, 0.3) is 0 Å². The Bertz CT molecular complexity index is 1150. The minimum Gasteiger partial charge on any atom is -0.480 e. The maximum absolute atomic E-state index is 12.7. The summed E-state index contributed by atoms with van der Waals surface area (Å²) in [4.78, 5) is 17.8. The van der Waals surface area contributed by atoms with Crippen LogP contribution in [0, 0.1) is 0 Å². The lowest BCUT2D eigenvalue weighted by molar-refractivity contribution is -0.141. The molecule has 3 heterocycles. The predicted molar refractivity (Wildman–Crippen MR) is 123 cm³/mol. The van der Waals surface area contributed by atoms with Crippen molar-refractivity contribution < 1.29 is 27.4 Å². The highest BCUT2D eigenvalue weighted by Gasteiger charge is 2.32. The molecule has 186 valence electrons. The average molecular weight is 489 g/mol. The second-order valence-corrected chi connectivity index (χ2v) is 8.51. The largest absolute Gasteiger partial charge is 0.480 e. The summed E-state index contributed by atoms with van der Waals surface area (Å²) in [6.45, 7) is 5.26. The molecular weight excluding hydrogens is 463 g/mol. The van der Waals surface area contributed by atoms with E-state index in [1.807, 2.05) is 19.9 Å². The van der Waals surface area contributed by atoms with Gasteiger partial charge in [-0.05, 0) is 44.5 Å². The van der Waals surface area contributed by atoms with Crippen molar-refractivity contribution in [1.82, 2.24) is 20.1 Å². The molecule has 0 bridgehead atoms. The van der Waals surface area contributed by atoms with Crippen molar-refractivity contribution in [3.8, 4) is 17.2 Å². The lowest BCUT2D eigenvalue weighted by atomic mass is 10.2. The van der Waals surface area contributed by atoms with Gasteiger partial charge in [0.15, 0.2) is 12.4 Å². The summed E-state index contributed by atoms with van der Waals surface area (Å²) in [6.07, 6.45) is 0.659. The van der Waals surface area contributed by atoms with Crippen LogP contribution >= 0.6 is 0 Å². The zero-order valence-electron chi connectivity index (χ0n) is 19.3. The van der Waals surface area contributed by atoms with Gasteiger partial charge in [0.05, 0.1) is 18.6 Å². The summed E-state index contributed by atoms with van der Waals surface area (Å²) < 4.78 is 51.0. The van der Waals surface area contributed by atoms with Crippen molar-refractivity contribution in [1.29, 1.82) is 0 Å². The van der Waals surface area contributed by atoms with Crippen LogP contribution in [0.3, 0.4) is 0 Å². The summed E-state index contributed by atoms with van der Waals surface area (Å²) in [7, 11) is 0. The smallest absolute Gasteiger partial charge is 0.433 e. The second-order valence-electron chi connectivity index (χ2n) is 8.51. The molecule has 4 rings (SSSR count). The number of benzene rings is 1. The van der Waals surface area contributed by atoms with Crippen LogP contribution in [-0.2, 0) is 11.0 Å². The van der Waals surface area contributed by atoms with Crippen molar-refractivity contribution in [2.75, 3.05) is 24.6 Å². The zero-order chi connectivity index (χ0) is 25.0. The van der Waals surface area contributed by atoms with Gasteiger partial charge < -0.3 is 19.7 Å². The number of carbonyl (C=O) groups is 1. The molecule has 0 aliphatic carbocycles. The Labute approximate surface area is 200 Å². The molecule has 1 fully saturated rings. The second kappa shape index (κ2) is 10.2. The van der Waals surface area contributed by atoms with Crippen molar-refractivity contribution in [3.05, 3.63) is 60.7 Å². The summed E-state index contributed by atoms with van der Waals surface area (Å²) in [5.41, 5.74) is -0.0868. The number of ether oxygens (including phenoxy) is 2. The van der Waals surface area contributed by atoms with Gasteiger partial charge in [0.1, 0.15) is 17.2 Å². The summed E-state index contributed by atoms with van der Waals surface area (Å²) >= 11 is 0. The molecule has 3 aromatic rings. The van der Waals surface area contributed by atoms with Crippen molar-refractivity contribution >= 4 is 11.6 Å². The Balaban J connectivity index is 1.28. The van der Waals surface area contributed by atoms with Crippen molar-refractivity contribution in [2.24, 2.45) is 0 Å². The van der Waals surface area contributed by atoms with E-state index in [-0.39, 0.29) is 30.3 Å². The molecule has 8 nitrogen and oxygen atoms in total. The van der Waals surface area contributed by atoms with Gasteiger partial charge in [-0.3, -0.25) is 9.48 Å². The van der Waals surface area contributed by atoms with Gasteiger partial charge in [-0.15, -0.1) is 0 Å². The molecule has 1 N–H and O–H groups in total. The minimum atomic E-state index is -4.50. The number of halogens is 3. The highest BCUT2D eigenvalue weighted by molar-refractivity contribution is 5.78. The van der Waals surface area contributed by atoms with E-state index >= 15 is 0 Å². The van der Waals surface area contributed by atoms with Gasteiger partial charge in [-0.2, -0.15) is 18.3 Å². The number of amides is 1. The van der Waals surface area contributed by atoms with E-state index in [1.165, 1.54) is 6.07 Å². The molecule has 35 heavy (non-hydrogen) atoms. The lowest BCUT2D eigenvalue weighted by Crippen LogP contribution is -2.39. The van der Waals surface area contributed by atoms with Crippen LogP contribution in [0.1, 0.15) is 32.0 Å². The SMILES string of the molecule is CC(C)n1cc(OCC(=O)NC2CCN(c3cccc(Oc4ccc(C(F)(F)F)nc4)c3)C2)cn1. The minimum absolute atomic E-state index is 0.0341. The molecule has 2 aromatic heterocycles. The Morgan fingerprint density at radius 1 is 1.17 bits per heavy atom. The third kappa shape index (κ3) is 6.43. The van der Waals surface area contributed by atoms with E-state index in [9.17, 15) is 18.0 Å². The van der Waals surface area contributed by atoms with E-state index in [2.05, 4.69) is 20.3 Å². The highest BCUT2D eigenvalue weighted by Crippen LogP contribution is 2.31. The van der Waals surface area contributed by atoms with Crippen LogP contribution in [0.15, 0.2) is 55.0 Å². The number of rotatable bonds is 8. The Hall–Kier alpha value is -3.76. The molecule has 1 saturated heterocycles. The zero-order valence-corrected chi connectivity index (χ0v) is 19.3.